The van der Waals surface area contributed by atoms with E-state index in [1.54, 1.807) is 0 Å². The van der Waals surface area contributed by atoms with Gasteiger partial charge in [-0.25, -0.2) is 4.79 Å². The van der Waals surface area contributed by atoms with E-state index in [4.69, 9.17) is 9.84 Å². The molecule has 0 saturated carbocycles. The molecular weight excluding hydrogens is 280 g/mol. The minimum atomic E-state index is -1.15. The number of hydrogen-bond acceptors (Lipinski definition) is 6. The zero-order valence-electron chi connectivity index (χ0n) is 11.2. The topological polar surface area (TPSA) is 110 Å². The maximum absolute atomic E-state index is 11.3. The predicted octanol–water partition coefficient (Wildman–Crippen LogP) is 1.35. The Labute approximate surface area is 120 Å². The molecule has 21 heavy (non-hydrogen) atoms. The van der Waals surface area contributed by atoms with Gasteiger partial charge in [-0.1, -0.05) is 6.07 Å². The number of benzene rings is 1. The number of aliphatic carboxylic acids is 1. The number of esters is 2. The summed E-state index contributed by atoms with van der Waals surface area (Å²) < 4.78 is 9.30. The van der Waals surface area contributed by atoms with Crippen LogP contribution in [0.15, 0.2) is 24.3 Å². The first kappa shape index (κ1) is 16.2. The van der Waals surface area contributed by atoms with Gasteiger partial charge < -0.3 is 19.7 Å². The molecule has 0 aliphatic rings. The van der Waals surface area contributed by atoms with Crippen molar-refractivity contribution in [1.29, 1.82) is 0 Å². The summed E-state index contributed by atoms with van der Waals surface area (Å²) in [4.78, 5) is 32.7. The second-order valence-electron chi connectivity index (χ2n) is 3.95. The third-order valence-corrected chi connectivity index (χ3v) is 2.37. The highest BCUT2D eigenvalue weighted by atomic mass is 16.6. The third-order valence-electron chi connectivity index (χ3n) is 2.37. The first-order chi connectivity index (χ1) is 9.92. The van der Waals surface area contributed by atoms with Gasteiger partial charge in [-0.2, -0.15) is 0 Å². The Morgan fingerprint density at radius 3 is 2.57 bits per heavy atom. The van der Waals surface area contributed by atoms with Gasteiger partial charge in [0.05, 0.1) is 20.0 Å². The van der Waals surface area contributed by atoms with Gasteiger partial charge in [-0.3, -0.25) is 9.59 Å². The number of phenolic OH excluding ortho intramolecular Hbond substituents is 1. The van der Waals surface area contributed by atoms with Gasteiger partial charge >= 0.3 is 17.9 Å². The van der Waals surface area contributed by atoms with Crippen molar-refractivity contribution >= 4 is 24.0 Å². The summed E-state index contributed by atoms with van der Waals surface area (Å²) in [6.45, 7) is 0. The van der Waals surface area contributed by atoms with Crippen LogP contribution in [-0.2, 0) is 19.1 Å². The zero-order chi connectivity index (χ0) is 15.8. The molecule has 1 aromatic rings. The molecule has 0 amide bonds. The molecule has 0 aliphatic heterocycles. The fourth-order valence-corrected chi connectivity index (χ4v) is 1.37. The summed E-state index contributed by atoms with van der Waals surface area (Å²) in [5.41, 5.74) is 0.555. The molecule has 0 spiro atoms. The molecule has 7 heteroatoms. The zero-order valence-corrected chi connectivity index (χ0v) is 11.2. The molecule has 0 unspecified atom stereocenters. The van der Waals surface area contributed by atoms with Crippen molar-refractivity contribution in [3.05, 3.63) is 29.8 Å². The van der Waals surface area contributed by atoms with Crippen molar-refractivity contribution < 1.29 is 34.1 Å². The van der Waals surface area contributed by atoms with E-state index in [9.17, 15) is 19.5 Å². The summed E-state index contributed by atoms with van der Waals surface area (Å²) in [6, 6.07) is 4.42. The van der Waals surface area contributed by atoms with Crippen molar-refractivity contribution in [2.75, 3.05) is 7.11 Å². The van der Waals surface area contributed by atoms with Crippen molar-refractivity contribution in [2.24, 2.45) is 0 Å². The third kappa shape index (κ3) is 5.77. The number of carboxylic acids is 1. The van der Waals surface area contributed by atoms with Gasteiger partial charge in [0.1, 0.15) is 0 Å². The minimum absolute atomic E-state index is 0.0407. The lowest BCUT2D eigenvalue weighted by atomic mass is 10.2. The van der Waals surface area contributed by atoms with E-state index < -0.39 is 24.3 Å². The van der Waals surface area contributed by atoms with Gasteiger partial charge in [0.25, 0.3) is 0 Å². The summed E-state index contributed by atoms with van der Waals surface area (Å²) in [5.74, 6) is -2.76. The van der Waals surface area contributed by atoms with Gasteiger partial charge in [0.15, 0.2) is 11.5 Å². The number of aromatic hydroxyl groups is 1. The number of carboxylic acid groups (broad SMARTS) is 1. The van der Waals surface area contributed by atoms with Crippen LogP contribution in [0.5, 0.6) is 11.5 Å². The number of methoxy groups -OCH3 is 1. The Bertz CT molecular complexity index is 575. The van der Waals surface area contributed by atoms with Gasteiger partial charge in [-0.05, 0) is 23.8 Å². The Morgan fingerprint density at radius 2 is 1.95 bits per heavy atom. The van der Waals surface area contributed by atoms with Crippen LogP contribution in [-0.4, -0.2) is 35.2 Å². The lowest BCUT2D eigenvalue weighted by molar-refractivity contribution is -0.157. The number of carbonyl (C=O) groups is 3. The molecule has 7 nitrogen and oxygen atoms in total. The highest BCUT2D eigenvalue weighted by Crippen LogP contribution is 2.26. The normalized spacial score (nSPS) is 10.3. The van der Waals surface area contributed by atoms with E-state index in [1.165, 1.54) is 31.4 Å². The van der Waals surface area contributed by atoms with Crippen LogP contribution in [0, 0.1) is 0 Å². The van der Waals surface area contributed by atoms with E-state index in [2.05, 4.69) is 4.74 Å². The highest BCUT2D eigenvalue weighted by Gasteiger charge is 2.10. The van der Waals surface area contributed by atoms with Crippen LogP contribution in [0.2, 0.25) is 0 Å². The predicted molar refractivity (Wildman–Crippen MR) is 71.7 cm³/mol. The lowest BCUT2D eigenvalue weighted by Crippen LogP contribution is -2.11. The molecule has 0 aliphatic carbocycles. The average Bonchev–Trinajstić information content (AvgIpc) is 2.44. The van der Waals surface area contributed by atoms with Crippen LogP contribution in [0.1, 0.15) is 18.4 Å². The maximum atomic E-state index is 11.3. The Balaban J connectivity index is 2.58. The van der Waals surface area contributed by atoms with Crippen LogP contribution in [0.3, 0.4) is 0 Å². The fraction of sp³-hybridized carbons (Fsp3) is 0.214. The quantitative estimate of drug-likeness (QED) is 0.463. The molecule has 0 fully saturated rings. The summed E-state index contributed by atoms with van der Waals surface area (Å²) in [6.07, 6.45) is 1.62. The largest absolute Gasteiger partial charge is 0.504 e. The van der Waals surface area contributed by atoms with Crippen LogP contribution >= 0.6 is 0 Å². The van der Waals surface area contributed by atoms with E-state index in [0.717, 1.165) is 6.08 Å². The Kier molecular flexibility index (Phi) is 5.94. The molecule has 2 N–H and O–H groups in total. The molecule has 0 saturated heterocycles. The minimum Gasteiger partial charge on any atom is -0.504 e. The average molecular weight is 294 g/mol. The second kappa shape index (κ2) is 7.68. The van der Waals surface area contributed by atoms with E-state index in [0.29, 0.717) is 5.56 Å². The Hall–Kier alpha value is -2.83. The SMILES string of the molecule is COc1cc(C=CC(=O)OC(=O)CCC(=O)O)ccc1O. The molecule has 1 aromatic carbocycles. The van der Waals surface area contributed by atoms with Gasteiger partial charge in [0, 0.05) is 6.08 Å². The van der Waals surface area contributed by atoms with Crippen LogP contribution < -0.4 is 4.74 Å². The number of carbonyl (C=O) groups excluding carboxylic acids is 2. The number of rotatable bonds is 6. The smallest absolute Gasteiger partial charge is 0.338 e. The first-order valence-corrected chi connectivity index (χ1v) is 5.94. The van der Waals surface area contributed by atoms with E-state index in [-0.39, 0.29) is 17.9 Å². The van der Waals surface area contributed by atoms with E-state index >= 15 is 0 Å². The van der Waals surface area contributed by atoms with Crippen molar-refractivity contribution in [3.8, 4) is 11.5 Å². The van der Waals surface area contributed by atoms with Gasteiger partial charge in [-0.15, -0.1) is 0 Å². The summed E-state index contributed by atoms with van der Waals surface area (Å²) in [7, 11) is 1.39. The first-order valence-electron chi connectivity index (χ1n) is 5.94. The van der Waals surface area contributed by atoms with Crippen molar-refractivity contribution in [3.63, 3.8) is 0 Å². The maximum Gasteiger partial charge on any atom is 0.338 e. The molecule has 0 bridgehead atoms. The monoisotopic (exact) mass is 294 g/mol. The fourth-order valence-electron chi connectivity index (χ4n) is 1.37. The number of hydrogen-bond donors (Lipinski definition) is 2. The van der Waals surface area contributed by atoms with Gasteiger partial charge in [0.2, 0.25) is 0 Å². The lowest BCUT2D eigenvalue weighted by Gasteiger charge is -2.03. The standard InChI is InChI=1S/C14H14O7/c1-20-11-8-9(2-4-10(11)15)3-6-13(18)21-14(19)7-5-12(16)17/h2-4,6,8,15H,5,7H2,1H3,(H,16,17). The number of ether oxygens (including phenoxy) is 2. The second-order valence-corrected chi connectivity index (χ2v) is 3.95. The van der Waals surface area contributed by atoms with Crippen LogP contribution in [0.4, 0.5) is 0 Å². The molecule has 0 heterocycles. The number of phenols is 1. The van der Waals surface area contributed by atoms with Crippen molar-refractivity contribution in [1.82, 2.24) is 0 Å². The highest BCUT2D eigenvalue weighted by molar-refractivity contribution is 5.95. The Morgan fingerprint density at radius 1 is 1.24 bits per heavy atom. The molecule has 1 rings (SSSR count). The molecule has 0 aromatic heterocycles. The van der Waals surface area contributed by atoms with E-state index in [1.807, 2.05) is 0 Å². The van der Waals surface area contributed by atoms with Crippen LogP contribution in [0.25, 0.3) is 6.08 Å². The molecule has 112 valence electrons. The summed E-state index contributed by atoms with van der Waals surface area (Å²) >= 11 is 0. The molecule has 0 radical (unpaired) electrons. The molecule has 0 atom stereocenters. The molecular formula is C14H14O7. The summed E-state index contributed by atoms with van der Waals surface area (Å²) in [5, 5.41) is 17.8. The van der Waals surface area contributed by atoms with Crippen molar-refractivity contribution in [2.45, 2.75) is 12.8 Å².